The minimum Gasteiger partial charge on any atom is -0.460 e. The third kappa shape index (κ3) is 19.4. The lowest BCUT2D eigenvalue weighted by atomic mass is 9.91. The van der Waals surface area contributed by atoms with Crippen molar-refractivity contribution in [2.24, 2.45) is 10.7 Å². The number of carbonyl (C=O) groups is 5. The Morgan fingerprint density at radius 3 is 1.56 bits per heavy atom. The Labute approximate surface area is 510 Å². The average Bonchev–Trinajstić information content (AvgIpc) is 1.59. The van der Waals surface area contributed by atoms with Gasteiger partial charge in [0.25, 0.3) is 17.8 Å². The van der Waals surface area contributed by atoms with Crippen LogP contribution in [0.3, 0.4) is 0 Å². The van der Waals surface area contributed by atoms with Gasteiger partial charge in [0.1, 0.15) is 40.8 Å². The number of thiazole rings is 2. The molecule has 470 valence electrons. The zero-order valence-corrected chi connectivity index (χ0v) is 48.7. The highest BCUT2D eigenvalue weighted by Crippen LogP contribution is 2.45. The molecule has 2 aromatic heterocycles. The van der Waals surface area contributed by atoms with Crippen LogP contribution in [0.4, 0.5) is 43.9 Å². The van der Waals surface area contributed by atoms with Gasteiger partial charge in [0.2, 0.25) is 5.78 Å². The largest absolute Gasteiger partial charge is 0.573 e. The number of ether oxygens (including phenoxy) is 5. The number of aromatic nitrogens is 2. The van der Waals surface area contributed by atoms with Crippen molar-refractivity contribution < 1.29 is 91.6 Å². The van der Waals surface area contributed by atoms with E-state index in [1.807, 2.05) is 0 Å². The predicted octanol–water partition coefficient (Wildman–Crippen LogP) is 13.1. The fraction of sp³-hybridized carbons (Fsp3) is 0.220. The summed E-state index contributed by atoms with van der Waals surface area (Å²) in [6.45, 7) is 1.83. The molecule has 89 heavy (non-hydrogen) atoms. The summed E-state index contributed by atoms with van der Waals surface area (Å²) < 4.78 is 149. The number of halogens is 11. The van der Waals surface area contributed by atoms with Gasteiger partial charge in [-0.2, -0.15) is 0 Å². The second-order valence-corrected chi connectivity index (χ2v) is 20.8. The van der Waals surface area contributed by atoms with Crippen molar-refractivity contribution in [2.75, 3.05) is 26.2 Å². The summed E-state index contributed by atoms with van der Waals surface area (Å²) >= 11 is 1.89. The number of hydrogen-bond donors (Lipinski definition) is 3. The van der Waals surface area contributed by atoms with Crippen LogP contribution in [0.2, 0.25) is 0 Å². The van der Waals surface area contributed by atoms with Gasteiger partial charge in [-0.3, -0.25) is 33.8 Å². The number of aldehydes is 1. The third-order valence-corrected chi connectivity index (χ3v) is 13.8. The number of benzene rings is 6. The predicted molar refractivity (Wildman–Crippen MR) is 311 cm³/mol. The number of alkyl halides is 10. The van der Waals surface area contributed by atoms with Crippen molar-refractivity contribution in [2.45, 2.75) is 57.8 Å². The van der Waals surface area contributed by atoms with Crippen molar-refractivity contribution >= 4 is 91.0 Å². The van der Waals surface area contributed by atoms with E-state index < -0.39 is 79.3 Å². The highest BCUT2D eigenvalue weighted by molar-refractivity contribution is 7.17. The maximum atomic E-state index is 14.3. The normalized spacial score (nSPS) is 13.7. The Hall–Kier alpha value is -9.19. The molecular formula is C59H48ClF10N5O12S2. The van der Waals surface area contributed by atoms with E-state index in [0.29, 0.717) is 77.5 Å². The Balaban J connectivity index is 0.000000224. The van der Waals surface area contributed by atoms with Crippen molar-refractivity contribution in [1.82, 2.24) is 14.9 Å². The number of aromatic amines is 2. The van der Waals surface area contributed by atoms with Gasteiger partial charge in [-0.25, -0.2) is 22.4 Å². The van der Waals surface area contributed by atoms with Crippen LogP contribution in [0.1, 0.15) is 65.1 Å². The number of H-pyrrole nitrogens is 2. The minimum absolute atomic E-state index is 0. The van der Waals surface area contributed by atoms with Crippen LogP contribution in [-0.4, -0.2) is 101 Å². The molecule has 0 saturated carbocycles. The first-order chi connectivity index (χ1) is 41.4. The molecule has 2 aliphatic rings. The second kappa shape index (κ2) is 29.2. The number of nitrogens with zero attached hydrogens (tertiary/aromatic N) is 2. The molecule has 1 unspecified atom stereocenters. The monoisotopic (exact) mass is 1310 g/mol. The highest BCUT2D eigenvalue weighted by Gasteiger charge is 2.47. The van der Waals surface area contributed by atoms with Crippen LogP contribution in [0.5, 0.6) is 34.5 Å². The summed E-state index contributed by atoms with van der Waals surface area (Å²) in [5.74, 6) is -8.12. The molecule has 17 nitrogen and oxygen atoms in total. The summed E-state index contributed by atoms with van der Waals surface area (Å²) in [7, 11) is 0. The van der Waals surface area contributed by atoms with Crippen LogP contribution in [-0.2, 0) is 19.1 Å². The van der Waals surface area contributed by atoms with Gasteiger partial charge in [0.15, 0.2) is 5.78 Å². The molecule has 1 atom stereocenters. The summed E-state index contributed by atoms with van der Waals surface area (Å²) in [6.07, 6.45) is -9.40. The van der Waals surface area contributed by atoms with E-state index in [9.17, 15) is 77.5 Å². The van der Waals surface area contributed by atoms with Gasteiger partial charge in [-0.15, -0.1) is 38.7 Å². The summed E-state index contributed by atoms with van der Waals surface area (Å²) in [6, 6.07) is 31.8. The first-order valence-corrected chi connectivity index (χ1v) is 27.3. The van der Waals surface area contributed by atoms with E-state index in [2.05, 4.69) is 34.9 Å². The van der Waals surface area contributed by atoms with Crippen LogP contribution in [0, 0.1) is 0 Å². The molecule has 0 aliphatic carbocycles. The number of Topliss-reactive ketones (excluding diaryl/α,β-unsaturated/α-hetero) is 2. The van der Waals surface area contributed by atoms with Crippen LogP contribution < -0.4 is 34.4 Å². The van der Waals surface area contributed by atoms with E-state index in [0.717, 1.165) is 65.7 Å². The summed E-state index contributed by atoms with van der Waals surface area (Å²) in [5.41, 5.74) is 8.91. The van der Waals surface area contributed by atoms with Gasteiger partial charge in [0.05, 0.1) is 64.8 Å². The molecule has 0 radical (unpaired) electrons. The molecule has 10 rings (SSSR count). The van der Waals surface area contributed by atoms with Crippen molar-refractivity contribution in [3.05, 3.63) is 186 Å². The van der Waals surface area contributed by atoms with Crippen molar-refractivity contribution in [3.8, 4) is 34.5 Å². The molecule has 1 amide bonds. The standard InChI is InChI=1S/C29H20F5N3O4S.C14H9F3O3.C13H11NO5S.C3H7F2N.ClH/c1-28(30,31)14-37-24(15-5-7-16(8-6-15)40-17-9-11-18(12-10-17)41-29(32,33)34)22-20(26(37)38)13-35-23(22)19-3-2-4-21-25(19)42-27(39)36-21;15-14(16,17)20-13-7-5-12(6-8-13)19-11-3-1-10(9-18)2-4-11;1-2-19-12(17)10(16)6-9(15)7-4-3-5-8-11(7)20-13(18)14-8;1-3(4,5)2-6;/h2-12,24H,13-14H2,1H3,(H,36,39);1-9H;3-5H,2,6H2,1H3,(H,14,18);2,6H2,1H3;1H. The Bertz CT molecular complexity index is 4010. The van der Waals surface area contributed by atoms with Crippen molar-refractivity contribution in [1.29, 1.82) is 0 Å². The molecule has 0 fully saturated rings. The number of ketones is 2. The molecule has 8 aromatic rings. The molecule has 6 aromatic carbocycles. The molecular weight excluding hydrogens is 1260 g/mol. The van der Waals surface area contributed by atoms with E-state index in [4.69, 9.17) is 9.47 Å². The number of nitrogens with two attached hydrogens (primary N) is 1. The number of nitrogens with one attached hydrogen (secondary N) is 2. The smallest absolute Gasteiger partial charge is 0.460 e. The first kappa shape index (κ1) is 68.9. The molecule has 0 saturated heterocycles. The van der Waals surface area contributed by atoms with Gasteiger partial charge >= 0.3 is 28.4 Å². The zero-order chi connectivity index (χ0) is 64.3. The molecule has 0 bridgehead atoms. The van der Waals surface area contributed by atoms with Crippen LogP contribution in [0.15, 0.2) is 159 Å². The zero-order valence-electron chi connectivity index (χ0n) is 46.3. The Kier molecular flexibility index (Phi) is 22.6. The summed E-state index contributed by atoms with van der Waals surface area (Å²) in [5, 5.41) is 0. The topological polar surface area (TPSA) is 239 Å². The molecule has 4 N–H and O–H groups in total. The summed E-state index contributed by atoms with van der Waals surface area (Å²) in [4.78, 5) is 92.5. The number of carbonyl (C=O) groups excluding carboxylic acids is 5. The lowest BCUT2D eigenvalue weighted by Crippen LogP contribution is -2.40. The average molecular weight is 1310 g/mol. The lowest BCUT2D eigenvalue weighted by Gasteiger charge is -2.30. The van der Waals surface area contributed by atoms with E-state index in [1.165, 1.54) is 30.3 Å². The minimum atomic E-state index is -4.82. The molecule has 0 spiro atoms. The number of aliphatic imine (C=N–C) groups is 1. The van der Waals surface area contributed by atoms with E-state index in [-0.39, 0.29) is 52.4 Å². The van der Waals surface area contributed by atoms with Crippen LogP contribution >= 0.6 is 35.1 Å². The number of hydrogen-bond acceptors (Lipinski definition) is 16. The SMILES string of the molecule is CC(F)(F)CN.CC(F)(F)CN1C(=O)C2=C(C(c3cccc4[nH]c(=O)sc34)=NC2)C1c1ccc(Oc2ccc(OC(F)(F)F)cc2)cc1.CCOC(=O)C(=O)CC(=O)c1cccc2[nH]c(=O)sc12.Cl.O=Cc1ccc(Oc2ccc(OC(F)(F)F)cc2)cc1. The molecule has 2 aliphatic heterocycles. The fourth-order valence-electron chi connectivity index (χ4n) is 8.34. The second-order valence-electron chi connectivity index (χ2n) is 18.9. The molecule has 30 heteroatoms. The van der Waals surface area contributed by atoms with Crippen LogP contribution in [0.25, 0.3) is 20.4 Å². The van der Waals surface area contributed by atoms with Gasteiger partial charge in [0, 0.05) is 41.7 Å². The van der Waals surface area contributed by atoms with Gasteiger partial charge in [-0.05, 0) is 116 Å². The Morgan fingerprint density at radius 2 is 1.10 bits per heavy atom. The number of amides is 1. The first-order valence-electron chi connectivity index (χ1n) is 25.7. The maximum Gasteiger partial charge on any atom is 0.573 e. The number of esters is 1. The Morgan fingerprint density at radius 1 is 0.652 bits per heavy atom. The number of fused-ring (bicyclic) bond motifs is 2. The quantitative estimate of drug-likeness (QED) is 0.0192. The van der Waals surface area contributed by atoms with Crippen molar-refractivity contribution in [3.63, 3.8) is 0 Å². The fourth-order valence-corrected chi connectivity index (χ4v) is 10.1. The van der Waals surface area contributed by atoms with E-state index >= 15 is 0 Å². The lowest BCUT2D eigenvalue weighted by molar-refractivity contribution is -0.275. The van der Waals surface area contributed by atoms with Gasteiger partial charge < -0.3 is 44.3 Å². The van der Waals surface area contributed by atoms with Gasteiger partial charge in [-0.1, -0.05) is 53.0 Å². The molecule has 4 heterocycles. The van der Waals surface area contributed by atoms with E-state index in [1.54, 1.807) is 85.8 Å². The third-order valence-electron chi connectivity index (χ3n) is 12.0. The maximum absolute atomic E-state index is 14.3. The number of rotatable bonds is 17. The highest BCUT2D eigenvalue weighted by atomic mass is 35.5.